The Labute approximate surface area is 85.7 Å². The molecule has 3 heterocycles. The molecule has 0 spiro atoms. The van der Waals surface area contributed by atoms with Crippen molar-refractivity contribution < 1.29 is 19.0 Å². The quantitative estimate of drug-likeness (QED) is 0.603. The highest BCUT2D eigenvalue weighted by Gasteiger charge is 2.59. The fourth-order valence-corrected chi connectivity index (χ4v) is 2.69. The summed E-state index contributed by atoms with van der Waals surface area (Å²) in [4.78, 5) is 11.0. The van der Waals surface area contributed by atoms with E-state index in [1.165, 1.54) is 0 Å². The average molecular weight is 204 g/mol. The van der Waals surface area contributed by atoms with Crippen LogP contribution in [0.2, 0.25) is 0 Å². The molecule has 4 heteroatoms. The SMILES string of the molecule is O=C1OC2C(O1)[C@H]1O[C@@H]2c2ccccc21. The first-order valence-electron chi connectivity index (χ1n) is 4.96. The second-order valence-electron chi connectivity index (χ2n) is 4.02. The van der Waals surface area contributed by atoms with Crippen molar-refractivity contribution in [2.75, 3.05) is 0 Å². The lowest BCUT2D eigenvalue weighted by molar-refractivity contribution is -0.00582. The number of ether oxygens (including phenoxy) is 3. The summed E-state index contributed by atoms with van der Waals surface area (Å²) in [6, 6.07) is 7.97. The Balaban J connectivity index is 1.86. The topological polar surface area (TPSA) is 44.8 Å². The molecule has 0 amide bonds. The van der Waals surface area contributed by atoms with Crippen LogP contribution >= 0.6 is 0 Å². The first kappa shape index (κ1) is 7.70. The number of rotatable bonds is 0. The van der Waals surface area contributed by atoms with Crippen molar-refractivity contribution >= 4 is 6.16 Å². The van der Waals surface area contributed by atoms with Gasteiger partial charge in [-0.25, -0.2) is 4.79 Å². The summed E-state index contributed by atoms with van der Waals surface area (Å²) >= 11 is 0. The van der Waals surface area contributed by atoms with E-state index in [-0.39, 0.29) is 24.4 Å². The van der Waals surface area contributed by atoms with E-state index in [9.17, 15) is 4.79 Å². The van der Waals surface area contributed by atoms with Crippen LogP contribution in [0.25, 0.3) is 0 Å². The van der Waals surface area contributed by atoms with Crippen LogP contribution in [-0.4, -0.2) is 18.4 Å². The van der Waals surface area contributed by atoms with E-state index in [0.717, 1.165) is 11.1 Å². The van der Waals surface area contributed by atoms with Gasteiger partial charge in [0.15, 0.2) is 12.2 Å². The predicted molar refractivity (Wildman–Crippen MR) is 48.2 cm³/mol. The molecule has 1 aromatic rings. The van der Waals surface area contributed by atoms with Gasteiger partial charge in [0, 0.05) is 0 Å². The molecule has 76 valence electrons. The summed E-state index contributed by atoms with van der Waals surface area (Å²) in [5, 5.41) is 0. The smallest absolute Gasteiger partial charge is 0.424 e. The molecule has 4 nitrogen and oxygen atoms in total. The zero-order valence-electron chi connectivity index (χ0n) is 7.75. The Kier molecular flexibility index (Phi) is 1.20. The fraction of sp³-hybridized carbons (Fsp3) is 0.364. The number of carbonyl (C=O) groups is 1. The first-order chi connectivity index (χ1) is 7.34. The minimum atomic E-state index is -0.573. The monoisotopic (exact) mass is 204 g/mol. The van der Waals surface area contributed by atoms with Crippen molar-refractivity contribution in [3.63, 3.8) is 0 Å². The molecule has 3 aliphatic rings. The fourth-order valence-electron chi connectivity index (χ4n) is 2.69. The highest BCUT2D eigenvalue weighted by molar-refractivity contribution is 5.64. The molecule has 2 saturated heterocycles. The van der Waals surface area contributed by atoms with Crippen LogP contribution in [0.1, 0.15) is 23.3 Å². The van der Waals surface area contributed by atoms with Crippen LogP contribution in [-0.2, 0) is 14.2 Å². The van der Waals surface area contributed by atoms with Gasteiger partial charge in [0.2, 0.25) is 0 Å². The molecule has 0 radical (unpaired) electrons. The summed E-state index contributed by atoms with van der Waals surface area (Å²) in [5.41, 5.74) is 2.25. The highest BCUT2D eigenvalue weighted by atomic mass is 16.8. The highest BCUT2D eigenvalue weighted by Crippen LogP contribution is 2.54. The molecule has 3 aliphatic heterocycles. The lowest BCUT2D eigenvalue weighted by Crippen LogP contribution is -2.28. The van der Waals surface area contributed by atoms with Gasteiger partial charge in [-0.2, -0.15) is 0 Å². The largest absolute Gasteiger partial charge is 0.509 e. The van der Waals surface area contributed by atoms with Crippen LogP contribution in [0.4, 0.5) is 4.79 Å². The van der Waals surface area contributed by atoms with Gasteiger partial charge in [0.25, 0.3) is 0 Å². The van der Waals surface area contributed by atoms with E-state index in [4.69, 9.17) is 14.2 Å². The normalized spacial score (nSPS) is 39.6. The van der Waals surface area contributed by atoms with E-state index in [0.29, 0.717) is 0 Å². The van der Waals surface area contributed by atoms with Gasteiger partial charge < -0.3 is 14.2 Å². The minimum Gasteiger partial charge on any atom is -0.424 e. The zero-order chi connectivity index (χ0) is 9.99. The predicted octanol–water partition coefficient (Wildman–Crippen LogP) is 1.72. The molecule has 2 unspecified atom stereocenters. The number of benzene rings is 1. The second kappa shape index (κ2) is 2.33. The molecule has 0 aromatic heterocycles. The first-order valence-corrected chi connectivity index (χ1v) is 4.96. The number of hydrogen-bond donors (Lipinski definition) is 0. The standard InChI is InChI=1S/C11H8O4/c12-11-14-9-7-5-3-1-2-4-6(5)8(13-7)10(9)15-11/h1-4,7-10H/t7-,8+,9?,10?. The van der Waals surface area contributed by atoms with Gasteiger partial charge in [-0.05, 0) is 11.1 Å². The van der Waals surface area contributed by atoms with Crippen LogP contribution in [0.15, 0.2) is 24.3 Å². The van der Waals surface area contributed by atoms with Crippen LogP contribution in [0, 0.1) is 0 Å². The zero-order valence-corrected chi connectivity index (χ0v) is 7.75. The Morgan fingerprint density at radius 1 is 0.933 bits per heavy atom. The molecular formula is C11H8O4. The summed E-state index contributed by atoms with van der Waals surface area (Å²) in [7, 11) is 0. The molecule has 0 saturated carbocycles. The number of hydrogen-bond acceptors (Lipinski definition) is 4. The summed E-state index contributed by atoms with van der Waals surface area (Å²) in [5.74, 6) is 0. The van der Waals surface area contributed by atoms with E-state index in [1.807, 2.05) is 24.3 Å². The van der Waals surface area contributed by atoms with Gasteiger partial charge >= 0.3 is 6.16 Å². The van der Waals surface area contributed by atoms with E-state index in [1.54, 1.807) is 0 Å². The lowest BCUT2D eigenvalue weighted by atomic mass is 9.88. The van der Waals surface area contributed by atoms with Gasteiger partial charge in [-0.15, -0.1) is 0 Å². The van der Waals surface area contributed by atoms with Crippen molar-refractivity contribution in [2.24, 2.45) is 0 Å². The molecule has 0 aliphatic carbocycles. The summed E-state index contributed by atoms with van der Waals surface area (Å²) < 4.78 is 15.9. The van der Waals surface area contributed by atoms with E-state index < -0.39 is 6.16 Å². The van der Waals surface area contributed by atoms with Gasteiger partial charge in [-0.3, -0.25) is 0 Å². The van der Waals surface area contributed by atoms with Crippen LogP contribution in [0.5, 0.6) is 0 Å². The lowest BCUT2D eigenvalue weighted by Gasteiger charge is -2.19. The third kappa shape index (κ3) is 0.791. The summed E-state index contributed by atoms with van der Waals surface area (Å²) in [6.45, 7) is 0. The number of fused-ring (bicyclic) bond motifs is 8. The molecule has 2 fully saturated rings. The molecule has 4 rings (SSSR count). The van der Waals surface area contributed by atoms with Crippen molar-refractivity contribution in [1.29, 1.82) is 0 Å². The third-order valence-electron chi connectivity index (χ3n) is 3.29. The third-order valence-corrected chi connectivity index (χ3v) is 3.29. The Morgan fingerprint density at radius 2 is 1.47 bits per heavy atom. The number of carbonyl (C=O) groups excluding carboxylic acids is 1. The van der Waals surface area contributed by atoms with Crippen molar-refractivity contribution in [2.45, 2.75) is 24.4 Å². The second-order valence-corrected chi connectivity index (χ2v) is 4.02. The van der Waals surface area contributed by atoms with Gasteiger partial charge in [0.05, 0.1) is 0 Å². The van der Waals surface area contributed by atoms with Gasteiger partial charge in [0.1, 0.15) is 12.2 Å². The molecule has 1 aromatic carbocycles. The minimum absolute atomic E-state index is 0.136. The van der Waals surface area contributed by atoms with E-state index in [2.05, 4.69) is 0 Å². The van der Waals surface area contributed by atoms with Crippen LogP contribution in [0.3, 0.4) is 0 Å². The maximum Gasteiger partial charge on any atom is 0.509 e. The van der Waals surface area contributed by atoms with E-state index >= 15 is 0 Å². The van der Waals surface area contributed by atoms with Crippen molar-refractivity contribution in [3.8, 4) is 0 Å². The van der Waals surface area contributed by atoms with Crippen molar-refractivity contribution in [1.82, 2.24) is 0 Å². The Morgan fingerprint density at radius 3 is 2.00 bits per heavy atom. The average Bonchev–Trinajstić information content (AvgIpc) is 2.85. The van der Waals surface area contributed by atoms with Crippen LogP contribution < -0.4 is 0 Å². The Hall–Kier alpha value is -1.55. The Bertz CT molecular complexity index is 417. The van der Waals surface area contributed by atoms with Crippen molar-refractivity contribution in [3.05, 3.63) is 35.4 Å². The summed E-state index contributed by atoms with van der Waals surface area (Å²) in [6.07, 6.45) is -1.35. The molecule has 15 heavy (non-hydrogen) atoms. The molecule has 0 N–H and O–H groups in total. The maximum atomic E-state index is 11.0. The maximum absolute atomic E-state index is 11.0. The molecule has 2 bridgehead atoms. The van der Waals surface area contributed by atoms with Gasteiger partial charge in [-0.1, -0.05) is 24.3 Å². The molecular weight excluding hydrogens is 196 g/mol. The molecule has 4 atom stereocenters.